The predicted octanol–water partition coefficient (Wildman–Crippen LogP) is 0.637. The van der Waals surface area contributed by atoms with E-state index in [-0.39, 0.29) is 5.91 Å². The Morgan fingerprint density at radius 3 is 2.79 bits per heavy atom. The number of benzene rings is 1. The van der Waals surface area contributed by atoms with Crippen LogP contribution in [-0.4, -0.2) is 69.1 Å². The summed E-state index contributed by atoms with van der Waals surface area (Å²) >= 11 is 0. The zero-order valence-corrected chi connectivity index (χ0v) is 13.9. The Hall–Kier alpha value is -2.12. The summed E-state index contributed by atoms with van der Waals surface area (Å²) < 4.78 is 10.4. The van der Waals surface area contributed by atoms with E-state index in [4.69, 9.17) is 14.3 Å². The monoisotopic (exact) mass is 333 g/mol. The molecule has 1 saturated heterocycles. The lowest BCUT2D eigenvalue weighted by molar-refractivity contribution is -0.131. The highest BCUT2D eigenvalue weighted by atomic mass is 16.6. The van der Waals surface area contributed by atoms with Gasteiger partial charge in [0, 0.05) is 32.6 Å². The fraction of sp³-hybridized carbons (Fsp3) is 0.529. The molecule has 2 aliphatic rings. The first kappa shape index (κ1) is 16.7. The molecular formula is C17H23N3O4. The number of methoxy groups -OCH3 is 1. The Bertz CT molecular complexity index is 582. The summed E-state index contributed by atoms with van der Waals surface area (Å²) in [7, 11) is 1.63. The first-order valence-corrected chi connectivity index (χ1v) is 8.21. The molecule has 0 unspecified atom stereocenters. The Morgan fingerprint density at radius 1 is 1.33 bits per heavy atom. The van der Waals surface area contributed by atoms with E-state index in [9.17, 15) is 4.79 Å². The maximum atomic E-state index is 12.2. The third kappa shape index (κ3) is 4.24. The normalized spacial score (nSPS) is 21.0. The standard InChI is InChI=1S/C17H23N3O4/c1-22-14-4-2-13(3-5-14)15-12-16(24-19-15)17(21)18-6-7-20-8-10-23-11-9-20/h2-5,16H,6-12H2,1H3,(H,18,21)/t16-/m1/s1. The van der Waals surface area contributed by atoms with Crippen LogP contribution < -0.4 is 10.1 Å². The van der Waals surface area contributed by atoms with Gasteiger partial charge < -0.3 is 19.6 Å². The van der Waals surface area contributed by atoms with E-state index < -0.39 is 6.10 Å². The molecule has 1 N–H and O–H groups in total. The molecule has 1 amide bonds. The molecule has 24 heavy (non-hydrogen) atoms. The Balaban J connectivity index is 1.42. The molecule has 1 aromatic carbocycles. The second-order valence-electron chi connectivity index (χ2n) is 5.81. The maximum absolute atomic E-state index is 12.2. The van der Waals surface area contributed by atoms with Gasteiger partial charge in [0.1, 0.15) is 5.75 Å². The smallest absolute Gasteiger partial charge is 0.264 e. The van der Waals surface area contributed by atoms with Gasteiger partial charge in [0.05, 0.1) is 26.0 Å². The number of ether oxygens (including phenoxy) is 2. The van der Waals surface area contributed by atoms with Crippen LogP contribution in [0.2, 0.25) is 0 Å². The van der Waals surface area contributed by atoms with Crippen LogP contribution in [0.15, 0.2) is 29.4 Å². The molecule has 2 aliphatic heterocycles. The molecule has 2 heterocycles. The topological polar surface area (TPSA) is 72.4 Å². The van der Waals surface area contributed by atoms with Crippen molar-refractivity contribution in [3.63, 3.8) is 0 Å². The number of carbonyl (C=O) groups excluding carboxylic acids is 1. The number of morpholine rings is 1. The van der Waals surface area contributed by atoms with E-state index in [0.29, 0.717) is 13.0 Å². The van der Waals surface area contributed by atoms with Gasteiger partial charge in [-0.05, 0) is 29.8 Å². The minimum atomic E-state index is -0.549. The van der Waals surface area contributed by atoms with Gasteiger partial charge in [-0.25, -0.2) is 0 Å². The van der Waals surface area contributed by atoms with E-state index in [1.807, 2.05) is 24.3 Å². The number of rotatable bonds is 6. The third-order valence-electron chi connectivity index (χ3n) is 4.22. The summed E-state index contributed by atoms with van der Waals surface area (Å²) in [5.41, 5.74) is 1.73. The van der Waals surface area contributed by atoms with Crippen molar-refractivity contribution in [1.82, 2.24) is 10.2 Å². The predicted molar refractivity (Wildman–Crippen MR) is 89.3 cm³/mol. The van der Waals surface area contributed by atoms with Crippen molar-refractivity contribution < 1.29 is 19.1 Å². The van der Waals surface area contributed by atoms with E-state index in [1.54, 1.807) is 7.11 Å². The molecule has 0 saturated carbocycles. The van der Waals surface area contributed by atoms with Crippen LogP contribution in [0.4, 0.5) is 0 Å². The van der Waals surface area contributed by atoms with Gasteiger partial charge >= 0.3 is 0 Å². The summed E-state index contributed by atoms with van der Waals surface area (Å²) in [5.74, 6) is 0.672. The van der Waals surface area contributed by atoms with Crippen molar-refractivity contribution in [2.24, 2.45) is 5.16 Å². The van der Waals surface area contributed by atoms with Gasteiger partial charge in [-0.3, -0.25) is 9.69 Å². The van der Waals surface area contributed by atoms with Crippen LogP contribution in [0, 0.1) is 0 Å². The summed E-state index contributed by atoms with van der Waals surface area (Å²) in [5, 5.41) is 6.97. The second-order valence-corrected chi connectivity index (χ2v) is 5.81. The molecule has 0 radical (unpaired) electrons. The zero-order chi connectivity index (χ0) is 16.8. The first-order chi connectivity index (χ1) is 11.8. The van der Waals surface area contributed by atoms with E-state index >= 15 is 0 Å². The summed E-state index contributed by atoms with van der Waals surface area (Å²) in [4.78, 5) is 19.8. The highest BCUT2D eigenvalue weighted by molar-refractivity contribution is 6.04. The van der Waals surface area contributed by atoms with Crippen molar-refractivity contribution in [2.75, 3.05) is 46.5 Å². The SMILES string of the molecule is COc1ccc(C2=NO[C@@H](C(=O)NCCN3CCOCC3)C2)cc1. The molecule has 0 spiro atoms. The molecule has 3 rings (SSSR count). The fourth-order valence-electron chi connectivity index (χ4n) is 2.75. The van der Waals surface area contributed by atoms with E-state index in [1.165, 1.54) is 0 Å². The largest absolute Gasteiger partial charge is 0.497 e. The lowest BCUT2D eigenvalue weighted by Gasteiger charge is -2.26. The highest BCUT2D eigenvalue weighted by Crippen LogP contribution is 2.19. The molecule has 1 aromatic rings. The van der Waals surface area contributed by atoms with Gasteiger partial charge in [-0.1, -0.05) is 5.16 Å². The second kappa shape index (κ2) is 8.12. The van der Waals surface area contributed by atoms with Crippen molar-refractivity contribution in [1.29, 1.82) is 0 Å². The number of hydrogen-bond acceptors (Lipinski definition) is 6. The highest BCUT2D eigenvalue weighted by Gasteiger charge is 2.28. The summed E-state index contributed by atoms with van der Waals surface area (Å²) in [6, 6.07) is 7.57. The molecule has 7 heteroatoms. The molecule has 130 valence electrons. The van der Waals surface area contributed by atoms with Crippen LogP contribution in [0.3, 0.4) is 0 Å². The molecule has 1 atom stereocenters. The molecule has 7 nitrogen and oxygen atoms in total. The van der Waals surface area contributed by atoms with Crippen LogP contribution in [0.25, 0.3) is 0 Å². The average molecular weight is 333 g/mol. The van der Waals surface area contributed by atoms with Gasteiger partial charge in [0.2, 0.25) is 6.10 Å². The molecule has 0 bridgehead atoms. The molecule has 0 aliphatic carbocycles. The molecule has 0 aromatic heterocycles. The van der Waals surface area contributed by atoms with Crippen molar-refractivity contribution in [3.05, 3.63) is 29.8 Å². The molecule has 1 fully saturated rings. The third-order valence-corrected chi connectivity index (χ3v) is 4.22. The zero-order valence-electron chi connectivity index (χ0n) is 13.9. The quantitative estimate of drug-likeness (QED) is 0.827. The fourth-order valence-corrected chi connectivity index (χ4v) is 2.75. The van der Waals surface area contributed by atoms with E-state index in [2.05, 4.69) is 15.4 Å². The Labute approximate surface area is 141 Å². The number of nitrogens with zero attached hydrogens (tertiary/aromatic N) is 2. The van der Waals surface area contributed by atoms with Gasteiger partial charge in [0.25, 0.3) is 5.91 Å². The van der Waals surface area contributed by atoms with Gasteiger partial charge in [-0.15, -0.1) is 0 Å². The Morgan fingerprint density at radius 2 is 2.08 bits per heavy atom. The summed E-state index contributed by atoms with van der Waals surface area (Å²) in [6.07, 6.45) is -0.0674. The Kier molecular flexibility index (Phi) is 5.66. The molecular weight excluding hydrogens is 310 g/mol. The van der Waals surface area contributed by atoms with Crippen molar-refractivity contribution >= 4 is 11.6 Å². The first-order valence-electron chi connectivity index (χ1n) is 8.21. The minimum absolute atomic E-state index is 0.115. The van der Waals surface area contributed by atoms with Crippen molar-refractivity contribution in [3.8, 4) is 5.75 Å². The van der Waals surface area contributed by atoms with Crippen LogP contribution in [0.1, 0.15) is 12.0 Å². The maximum Gasteiger partial charge on any atom is 0.264 e. The number of carbonyl (C=O) groups is 1. The van der Waals surface area contributed by atoms with E-state index in [0.717, 1.165) is 49.9 Å². The van der Waals surface area contributed by atoms with Crippen LogP contribution in [0.5, 0.6) is 5.75 Å². The van der Waals surface area contributed by atoms with Crippen LogP contribution >= 0.6 is 0 Å². The van der Waals surface area contributed by atoms with Crippen LogP contribution in [-0.2, 0) is 14.4 Å². The number of amides is 1. The average Bonchev–Trinajstić information content (AvgIpc) is 3.13. The summed E-state index contributed by atoms with van der Waals surface area (Å²) in [6.45, 7) is 4.79. The lowest BCUT2D eigenvalue weighted by atomic mass is 10.0. The number of hydrogen-bond donors (Lipinski definition) is 1. The van der Waals surface area contributed by atoms with Crippen molar-refractivity contribution in [2.45, 2.75) is 12.5 Å². The number of nitrogens with one attached hydrogen (secondary N) is 1. The van der Waals surface area contributed by atoms with Gasteiger partial charge in [0.15, 0.2) is 0 Å². The minimum Gasteiger partial charge on any atom is -0.497 e. The van der Waals surface area contributed by atoms with Gasteiger partial charge in [-0.2, -0.15) is 0 Å². The number of oxime groups is 1. The lowest BCUT2D eigenvalue weighted by Crippen LogP contribution is -2.43.